The van der Waals surface area contributed by atoms with Crippen LogP contribution in [0.3, 0.4) is 0 Å². The van der Waals surface area contributed by atoms with Crippen LogP contribution in [-0.2, 0) is 11.3 Å². The van der Waals surface area contributed by atoms with Gasteiger partial charge in [0.05, 0.1) is 11.6 Å². The van der Waals surface area contributed by atoms with Crippen LogP contribution in [0.5, 0.6) is 0 Å². The van der Waals surface area contributed by atoms with E-state index in [1.165, 1.54) is 5.56 Å². The number of thiophene rings is 2. The van der Waals surface area contributed by atoms with Gasteiger partial charge in [0, 0.05) is 37.5 Å². The first-order valence-corrected chi connectivity index (χ1v) is 8.77. The average molecular weight is 304 g/mol. The number of likely N-dealkylation sites (tertiary alicyclic amines) is 1. The van der Waals surface area contributed by atoms with Gasteiger partial charge in [-0.3, -0.25) is 9.69 Å². The van der Waals surface area contributed by atoms with Gasteiger partial charge in [0.25, 0.3) is 0 Å². The maximum atomic E-state index is 12.5. The van der Waals surface area contributed by atoms with E-state index < -0.39 is 0 Å². The molecule has 1 amide bonds. The maximum absolute atomic E-state index is 12.5. The number of nitrogens with zero attached hydrogens (tertiary/aromatic N) is 2. The Labute approximate surface area is 126 Å². The van der Waals surface area contributed by atoms with Crippen molar-refractivity contribution in [3.05, 3.63) is 39.2 Å². The number of fused-ring (bicyclic) bond motifs is 1. The van der Waals surface area contributed by atoms with Crippen LogP contribution >= 0.6 is 22.7 Å². The Bertz CT molecular complexity index is 593. The molecule has 0 aromatic carbocycles. The van der Waals surface area contributed by atoms with Gasteiger partial charge in [-0.25, -0.2) is 0 Å². The molecule has 0 spiro atoms. The summed E-state index contributed by atoms with van der Waals surface area (Å²) < 4.78 is 0. The van der Waals surface area contributed by atoms with Crippen LogP contribution in [0.2, 0.25) is 0 Å². The minimum atomic E-state index is 0.202. The molecule has 4 heterocycles. The zero-order valence-corrected chi connectivity index (χ0v) is 12.7. The molecule has 5 heteroatoms. The number of hydrogen-bond acceptors (Lipinski definition) is 4. The van der Waals surface area contributed by atoms with E-state index in [1.54, 1.807) is 22.7 Å². The fourth-order valence-electron chi connectivity index (χ4n) is 3.36. The highest BCUT2D eigenvalue weighted by atomic mass is 32.1. The minimum absolute atomic E-state index is 0.202. The van der Waals surface area contributed by atoms with Crippen molar-refractivity contribution in [2.24, 2.45) is 11.8 Å². The van der Waals surface area contributed by atoms with Gasteiger partial charge in [-0.15, -0.1) is 0 Å². The highest BCUT2D eigenvalue weighted by Gasteiger charge is 2.46. The van der Waals surface area contributed by atoms with Crippen molar-refractivity contribution in [1.82, 2.24) is 4.90 Å². The van der Waals surface area contributed by atoms with Crippen molar-refractivity contribution in [3.63, 3.8) is 0 Å². The smallest absolute Gasteiger partial charge is 0.231 e. The summed E-state index contributed by atoms with van der Waals surface area (Å²) in [5.74, 6) is 1.02. The highest BCUT2D eigenvalue weighted by molar-refractivity contribution is 7.08. The van der Waals surface area contributed by atoms with Crippen LogP contribution in [-0.4, -0.2) is 30.4 Å². The molecule has 0 unspecified atom stereocenters. The quantitative estimate of drug-likeness (QED) is 0.870. The standard InChI is InChI=1S/C15H16N2OS2/c18-15-14-8-16(5-11-1-3-19-9-11)6-12(14)7-17(15)13-2-4-20-10-13/h1-4,9-10,12,14H,5-8H2/t12-,14-/m0/s1. The van der Waals surface area contributed by atoms with Gasteiger partial charge in [0.15, 0.2) is 0 Å². The SMILES string of the molecule is O=C1[C@H]2CN(Cc3ccsc3)C[C@H]2CN1c1ccsc1. The molecule has 2 saturated heterocycles. The Morgan fingerprint density at radius 2 is 1.95 bits per heavy atom. The molecule has 2 aliphatic rings. The van der Waals surface area contributed by atoms with E-state index in [4.69, 9.17) is 0 Å². The first-order chi connectivity index (χ1) is 9.81. The second-order valence-corrected chi connectivity index (χ2v) is 7.18. The predicted molar refractivity (Wildman–Crippen MR) is 83.2 cm³/mol. The molecular weight excluding hydrogens is 288 g/mol. The molecule has 20 heavy (non-hydrogen) atoms. The summed E-state index contributed by atoms with van der Waals surface area (Å²) in [4.78, 5) is 17.0. The van der Waals surface area contributed by atoms with E-state index >= 15 is 0 Å². The molecule has 4 rings (SSSR count). The van der Waals surface area contributed by atoms with Gasteiger partial charge in [0.2, 0.25) is 5.91 Å². The number of carbonyl (C=O) groups is 1. The molecule has 2 aliphatic heterocycles. The Morgan fingerprint density at radius 1 is 1.10 bits per heavy atom. The van der Waals surface area contributed by atoms with Gasteiger partial charge in [-0.05, 0) is 33.8 Å². The lowest BCUT2D eigenvalue weighted by Crippen LogP contribution is -2.32. The molecule has 0 aliphatic carbocycles. The van der Waals surface area contributed by atoms with Crippen molar-refractivity contribution in [2.75, 3.05) is 24.5 Å². The molecule has 3 nitrogen and oxygen atoms in total. The lowest BCUT2D eigenvalue weighted by molar-refractivity contribution is -0.120. The predicted octanol–water partition coefficient (Wildman–Crippen LogP) is 2.90. The van der Waals surface area contributed by atoms with Gasteiger partial charge in [-0.2, -0.15) is 22.7 Å². The molecule has 2 aromatic rings. The Kier molecular flexibility index (Phi) is 3.13. The maximum Gasteiger partial charge on any atom is 0.231 e. The molecule has 0 N–H and O–H groups in total. The number of anilines is 1. The monoisotopic (exact) mass is 304 g/mol. The molecule has 0 radical (unpaired) electrons. The molecule has 0 bridgehead atoms. The van der Waals surface area contributed by atoms with Crippen LogP contribution in [0.15, 0.2) is 33.7 Å². The summed E-state index contributed by atoms with van der Waals surface area (Å²) in [5.41, 5.74) is 2.45. The van der Waals surface area contributed by atoms with Crippen LogP contribution < -0.4 is 4.90 Å². The first kappa shape index (κ1) is 12.6. The lowest BCUT2D eigenvalue weighted by atomic mass is 10.0. The summed E-state index contributed by atoms with van der Waals surface area (Å²) >= 11 is 3.40. The molecule has 2 atom stereocenters. The second kappa shape index (κ2) is 4.98. The molecule has 2 fully saturated rings. The van der Waals surface area contributed by atoms with Gasteiger partial charge < -0.3 is 4.90 Å². The van der Waals surface area contributed by atoms with Crippen LogP contribution in [0, 0.1) is 11.8 Å². The molecule has 0 saturated carbocycles. The number of amides is 1. The zero-order valence-electron chi connectivity index (χ0n) is 11.1. The molecule has 2 aromatic heterocycles. The van der Waals surface area contributed by atoms with Crippen molar-refractivity contribution < 1.29 is 4.79 Å². The van der Waals surface area contributed by atoms with Crippen molar-refractivity contribution in [2.45, 2.75) is 6.54 Å². The fourth-order valence-corrected chi connectivity index (χ4v) is 4.67. The minimum Gasteiger partial charge on any atom is -0.311 e. The normalized spacial score (nSPS) is 26.4. The largest absolute Gasteiger partial charge is 0.311 e. The van der Waals surface area contributed by atoms with E-state index in [0.29, 0.717) is 11.8 Å². The summed E-state index contributed by atoms with van der Waals surface area (Å²) in [6.45, 7) is 3.84. The fraction of sp³-hybridized carbons (Fsp3) is 0.400. The summed E-state index contributed by atoms with van der Waals surface area (Å²) in [7, 11) is 0. The van der Waals surface area contributed by atoms with Crippen molar-refractivity contribution in [1.29, 1.82) is 0 Å². The molecular formula is C15H16N2OS2. The Morgan fingerprint density at radius 3 is 2.65 bits per heavy atom. The summed E-state index contributed by atoms with van der Waals surface area (Å²) in [5, 5.41) is 8.44. The van der Waals surface area contributed by atoms with Gasteiger partial charge in [-0.1, -0.05) is 0 Å². The third-order valence-corrected chi connectivity index (χ3v) is 5.72. The summed E-state index contributed by atoms with van der Waals surface area (Å²) in [6.07, 6.45) is 0. The Balaban J connectivity index is 1.45. The van der Waals surface area contributed by atoms with E-state index in [1.807, 2.05) is 16.3 Å². The van der Waals surface area contributed by atoms with E-state index in [0.717, 1.165) is 31.9 Å². The number of hydrogen-bond donors (Lipinski definition) is 0. The van der Waals surface area contributed by atoms with E-state index in [-0.39, 0.29) is 5.92 Å². The number of rotatable bonds is 3. The first-order valence-electron chi connectivity index (χ1n) is 6.88. The second-order valence-electron chi connectivity index (χ2n) is 5.62. The van der Waals surface area contributed by atoms with Crippen LogP contribution in [0.1, 0.15) is 5.56 Å². The lowest BCUT2D eigenvalue weighted by Gasteiger charge is -2.20. The van der Waals surface area contributed by atoms with Gasteiger partial charge in [0.1, 0.15) is 0 Å². The average Bonchev–Trinajstić information content (AvgIpc) is 3.17. The molecule has 104 valence electrons. The van der Waals surface area contributed by atoms with Gasteiger partial charge >= 0.3 is 0 Å². The third-order valence-electron chi connectivity index (χ3n) is 4.32. The topological polar surface area (TPSA) is 23.6 Å². The Hall–Kier alpha value is -1.17. The number of carbonyl (C=O) groups excluding carboxylic acids is 1. The van der Waals surface area contributed by atoms with E-state index in [2.05, 4.69) is 27.1 Å². The van der Waals surface area contributed by atoms with Crippen LogP contribution in [0.4, 0.5) is 5.69 Å². The van der Waals surface area contributed by atoms with E-state index in [9.17, 15) is 4.79 Å². The highest BCUT2D eigenvalue weighted by Crippen LogP contribution is 2.36. The summed E-state index contributed by atoms with van der Waals surface area (Å²) in [6, 6.07) is 4.23. The zero-order chi connectivity index (χ0) is 13.5. The van der Waals surface area contributed by atoms with Crippen molar-refractivity contribution in [3.8, 4) is 0 Å². The van der Waals surface area contributed by atoms with Crippen LogP contribution in [0.25, 0.3) is 0 Å². The third kappa shape index (κ3) is 2.10. The van der Waals surface area contributed by atoms with Crippen molar-refractivity contribution >= 4 is 34.3 Å².